The summed E-state index contributed by atoms with van der Waals surface area (Å²) in [7, 11) is 0. The molecule has 1 fully saturated rings. The van der Waals surface area contributed by atoms with Crippen molar-refractivity contribution in [2.75, 3.05) is 13.2 Å². The number of imide groups is 1. The summed E-state index contributed by atoms with van der Waals surface area (Å²) >= 11 is 0. The van der Waals surface area contributed by atoms with Crippen molar-refractivity contribution in [1.29, 1.82) is 0 Å². The first-order valence-corrected chi connectivity index (χ1v) is 5.69. The van der Waals surface area contributed by atoms with Crippen LogP contribution in [0, 0.1) is 6.92 Å². The molecule has 4 heteroatoms. The predicted octanol–water partition coefficient (Wildman–Crippen LogP) is 1.52. The van der Waals surface area contributed by atoms with E-state index >= 15 is 0 Å². The fourth-order valence-electron chi connectivity index (χ4n) is 1.77. The summed E-state index contributed by atoms with van der Waals surface area (Å²) in [5.41, 5.74) is 1.14. The molecular weight excluding hydrogens is 218 g/mol. The molecule has 2 rings (SSSR count). The third kappa shape index (κ3) is 2.84. The lowest BCUT2D eigenvalue weighted by Gasteiger charge is -2.13. The van der Waals surface area contributed by atoms with Crippen LogP contribution in [-0.4, -0.2) is 29.9 Å². The summed E-state index contributed by atoms with van der Waals surface area (Å²) in [6, 6.07) is 7.46. The van der Waals surface area contributed by atoms with Gasteiger partial charge in [-0.05, 0) is 25.5 Å². The lowest BCUT2D eigenvalue weighted by Crippen LogP contribution is -2.35. The highest BCUT2D eigenvalue weighted by atomic mass is 16.5. The van der Waals surface area contributed by atoms with Gasteiger partial charge in [0.2, 0.25) is 5.91 Å². The Labute approximate surface area is 100 Å². The molecule has 1 aliphatic heterocycles. The Kier molecular flexibility index (Phi) is 3.42. The van der Waals surface area contributed by atoms with Crippen molar-refractivity contribution in [1.82, 2.24) is 4.90 Å². The maximum atomic E-state index is 11.7. The van der Waals surface area contributed by atoms with Crippen molar-refractivity contribution in [3.63, 3.8) is 0 Å². The van der Waals surface area contributed by atoms with Crippen LogP contribution in [0.15, 0.2) is 24.3 Å². The van der Waals surface area contributed by atoms with E-state index in [1.54, 1.807) is 0 Å². The molecule has 4 nitrogen and oxygen atoms in total. The van der Waals surface area contributed by atoms with Crippen LogP contribution in [0.3, 0.4) is 0 Å². The molecule has 0 atom stereocenters. The van der Waals surface area contributed by atoms with Gasteiger partial charge in [0, 0.05) is 13.0 Å². The highest BCUT2D eigenvalue weighted by molar-refractivity contribution is 5.97. The maximum absolute atomic E-state index is 11.7. The van der Waals surface area contributed by atoms with Crippen LogP contribution in [0.25, 0.3) is 0 Å². The van der Waals surface area contributed by atoms with E-state index in [9.17, 15) is 9.59 Å². The number of likely N-dealkylation sites (tertiary alicyclic amines) is 1. The Bertz CT molecular complexity index is 425. The Morgan fingerprint density at radius 1 is 1.35 bits per heavy atom. The number of rotatable bonds is 3. The van der Waals surface area contributed by atoms with Gasteiger partial charge in [-0.3, -0.25) is 14.5 Å². The second kappa shape index (κ2) is 4.99. The van der Waals surface area contributed by atoms with Crippen molar-refractivity contribution in [3.05, 3.63) is 29.8 Å². The summed E-state index contributed by atoms with van der Waals surface area (Å²) in [4.78, 5) is 24.3. The number of aryl methyl sites for hydroxylation is 1. The zero-order valence-corrected chi connectivity index (χ0v) is 9.81. The van der Waals surface area contributed by atoms with Gasteiger partial charge in [-0.1, -0.05) is 17.7 Å². The van der Waals surface area contributed by atoms with Crippen molar-refractivity contribution in [2.24, 2.45) is 0 Å². The van der Waals surface area contributed by atoms with Crippen LogP contribution in [0.1, 0.15) is 18.4 Å². The number of nitrogens with zero attached hydrogens (tertiary/aromatic N) is 1. The molecule has 1 aromatic carbocycles. The molecule has 0 aromatic heterocycles. The molecule has 0 radical (unpaired) electrons. The Morgan fingerprint density at radius 2 is 2.06 bits per heavy atom. The van der Waals surface area contributed by atoms with Crippen LogP contribution in [-0.2, 0) is 9.59 Å². The fourth-order valence-corrected chi connectivity index (χ4v) is 1.77. The van der Waals surface area contributed by atoms with Crippen molar-refractivity contribution in [3.8, 4) is 5.75 Å². The van der Waals surface area contributed by atoms with Gasteiger partial charge in [-0.2, -0.15) is 0 Å². The second-order valence-corrected chi connectivity index (χ2v) is 4.14. The Balaban J connectivity index is 1.87. The smallest absolute Gasteiger partial charge is 0.267 e. The summed E-state index contributed by atoms with van der Waals surface area (Å²) in [5, 5.41) is 0. The monoisotopic (exact) mass is 233 g/mol. The molecule has 0 bridgehead atoms. The molecule has 1 aliphatic rings. The van der Waals surface area contributed by atoms with Gasteiger partial charge in [-0.25, -0.2) is 0 Å². The molecule has 2 amide bonds. The summed E-state index contributed by atoms with van der Waals surface area (Å²) < 4.78 is 5.34. The van der Waals surface area contributed by atoms with E-state index < -0.39 is 0 Å². The second-order valence-electron chi connectivity index (χ2n) is 4.14. The number of benzene rings is 1. The van der Waals surface area contributed by atoms with E-state index in [-0.39, 0.29) is 18.4 Å². The largest absolute Gasteiger partial charge is 0.484 e. The lowest BCUT2D eigenvalue weighted by atomic mass is 10.2. The first-order valence-electron chi connectivity index (χ1n) is 5.69. The zero-order chi connectivity index (χ0) is 12.3. The highest BCUT2D eigenvalue weighted by Crippen LogP contribution is 2.13. The first-order chi connectivity index (χ1) is 8.16. The molecule has 17 heavy (non-hydrogen) atoms. The standard InChI is InChI=1S/C13H15NO3/c1-10-4-6-11(7-5-10)17-9-13(16)14-8-2-3-12(14)15/h4-7H,2-3,8-9H2,1H3. The third-order valence-corrected chi connectivity index (χ3v) is 2.76. The van der Waals surface area contributed by atoms with Gasteiger partial charge in [0.15, 0.2) is 6.61 Å². The quantitative estimate of drug-likeness (QED) is 0.795. The summed E-state index contributed by atoms with van der Waals surface area (Å²) in [6.45, 7) is 2.43. The molecule has 1 heterocycles. The average molecular weight is 233 g/mol. The number of hydrogen-bond donors (Lipinski definition) is 0. The minimum absolute atomic E-state index is 0.0746. The molecule has 0 spiro atoms. The minimum atomic E-state index is -0.256. The first kappa shape index (κ1) is 11.6. The van der Waals surface area contributed by atoms with Crippen LogP contribution in [0.4, 0.5) is 0 Å². The number of carbonyl (C=O) groups excluding carboxylic acids is 2. The van der Waals surface area contributed by atoms with Crippen LogP contribution in [0.5, 0.6) is 5.75 Å². The van der Waals surface area contributed by atoms with Crippen molar-refractivity contribution in [2.45, 2.75) is 19.8 Å². The van der Waals surface area contributed by atoms with E-state index in [0.29, 0.717) is 18.7 Å². The van der Waals surface area contributed by atoms with Gasteiger partial charge in [0.25, 0.3) is 5.91 Å². The van der Waals surface area contributed by atoms with Gasteiger partial charge >= 0.3 is 0 Å². The minimum Gasteiger partial charge on any atom is -0.484 e. The molecule has 90 valence electrons. The van der Waals surface area contributed by atoms with Gasteiger partial charge in [0.1, 0.15) is 5.75 Å². The number of amides is 2. The van der Waals surface area contributed by atoms with Crippen LogP contribution < -0.4 is 4.74 Å². The average Bonchev–Trinajstić information content (AvgIpc) is 2.74. The molecule has 1 aromatic rings. The number of ether oxygens (including phenoxy) is 1. The maximum Gasteiger partial charge on any atom is 0.267 e. The van der Waals surface area contributed by atoms with E-state index in [2.05, 4.69) is 0 Å². The normalized spacial score (nSPS) is 15.1. The van der Waals surface area contributed by atoms with E-state index in [1.165, 1.54) is 4.90 Å². The molecule has 0 saturated carbocycles. The van der Waals surface area contributed by atoms with Crippen LogP contribution >= 0.6 is 0 Å². The molecule has 0 aliphatic carbocycles. The number of hydrogen-bond acceptors (Lipinski definition) is 3. The zero-order valence-electron chi connectivity index (χ0n) is 9.81. The van der Waals surface area contributed by atoms with Crippen molar-refractivity contribution >= 4 is 11.8 Å². The Hall–Kier alpha value is -1.84. The fraction of sp³-hybridized carbons (Fsp3) is 0.385. The van der Waals surface area contributed by atoms with E-state index in [1.807, 2.05) is 31.2 Å². The SMILES string of the molecule is Cc1ccc(OCC(=O)N2CCCC2=O)cc1. The molecular formula is C13H15NO3. The highest BCUT2D eigenvalue weighted by Gasteiger charge is 2.26. The Morgan fingerprint density at radius 3 is 2.65 bits per heavy atom. The van der Waals surface area contributed by atoms with Gasteiger partial charge in [0.05, 0.1) is 0 Å². The lowest BCUT2D eigenvalue weighted by molar-refractivity contribution is -0.143. The predicted molar refractivity (Wildman–Crippen MR) is 62.6 cm³/mol. The third-order valence-electron chi connectivity index (χ3n) is 2.76. The van der Waals surface area contributed by atoms with Gasteiger partial charge < -0.3 is 4.74 Å². The topological polar surface area (TPSA) is 46.6 Å². The molecule has 0 N–H and O–H groups in total. The van der Waals surface area contributed by atoms with Gasteiger partial charge in [-0.15, -0.1) is 0 Å². The van der Waals surface area contributed by atoms with E-state index in [0.717, 1.165) is 12.0 Å². The summed E-state index contributed by atoms with van der Waals surface area (Å²) in [6.07, 6.45) is 1.23. The number of carbonyl (C=O) groups is 2. The van der Waals surface area contributed by atoms with Crippen molar-refractivity contribution < 1.29 is 14.3 Å². The molecule has 0 unspecified atom stereocenters. The molecule has 1 saturated heterocycles. The summed E-state index contributed by atoms with van der Waals surface area (Å²) in [5.74, 6) is 0.297. The van der Waals surface area contributed by atoms with E-state index in [4.69, 9.17) is 4.74 Å². The van der Waals surface area contributed by atoms with Crippen LogP contribution in [0.2, 0.25) is 0 Å².